The van der Waals surface area contributed by atoms with E-state index in [9.17, 15) is 14.0 Å². The zero-order valence-electron chi connectivity index (χ0n) is 15.1. The van der Waals surface area contributed by atoms with Gasteiger partial charge in [0.1, 0.15) is 0 Å². The SMILES string of the molecule is COc1ccc(CN2CCN(C(=O)CNC(=O)c3ccsc3)CC2)cc1F. The van der Waals surface area contributed by atoms with Gasteiger partial charge in [-0.05, 0) is 29.1 Å². The Bertz CT molecular complexity index is 790. The fourth-order valence-corrected chi connectivity index (χ4v) is 3.62. The molecule has 0 unspecified atom stereocenters. The summed E-state index contributed by atoms with van der Waals surface area (Å²) in [6, 6.07) is 6.68. The highest BCUT2D eigenvalue weighted by molar-refractivity contribution is 7.08. The van der Waals surface area contributed by atoms with Crippen molar-refractivity contribution in [2.75, 3.05) is 39.8 Å². The third kappa shape index (κ3) is 5.05. The smallest absolute Gasteiger partial charge is 0.252 e. The van der Waals surface area contributed by atoms with Crippen molar-refractivity contribution in [3.05, 3.63) is 52.0 Å². The number of hydrogen-bond donors (Lipinski definition) is 1. The summed E-state index contributed by atoms with van der Waals surface area (Å²) in [4.78, 5) is 28.1. The van der Waals surface area contributed by atoms with Crippen molar-refractivity contribution < 1.29 is 18.7 Å². The average Bonchev–Trinajstić information content (AvgIpc) is 3.21. The lowest BCUT2D eigenvalue weighted by atomic mass is 10.2. The minimum Gasteiger partial charge on any atom is -0.494 e. The van der Waals surface area contributed by atoms with Crippen LogP contribution in [0.2, 0.25) is 0 Å². The summed E-state index contributed by atoms with van der Waals surface area (Å²) in [6.45, 7) is 3.21. The number of methoxy groups -OCH3 is 1. The normalized spacial score (nSPS) is 14.8. The van der Waals surface area contributed by atoms with Gasteiger partial charge in [0.2, 0.25) is 5.91 Å². The molecule has 1 aromatic carbocycles. The highest BCUT2D eigenvalue weighted by Crippen LogP contribution is 2.19. The molecule has 1 aromatic heterocycles. The van der Waals surface area contributed by atoms with Gasteiger partial charge < -0.3 is 15.0 Å². The molecule has 1 fully saturated rings. The van der Waals surface area contributed by atoms with E-state index < -0.39 is 0 Å². The Kier molecular flexibility index (Phi) is 6.41. The van der Waals surface area contributed by atoms with E-state index in [1.54, 1.807) is 22.4 Å². The zero-order chi connectivity index (χ0) is 19.2. The number of benzene rings is 1. The number of thiophene rings is 1. The average molecular weight is 391 g/mol. The lowest BCUT2D eigenvalue weighted by Gasteiger charge is -2.34. The van der Waals surface area contributed by atoms with Crippen molar-refractivity contribution in [2.45, 2.75) is 6.54 Å². The molecule has 27 heavy (non-hydrogen) atoms. The fourth-order valence-electron chi connectivity index (χ4n) is 2.99. The van der Waals surface area contributed by atoms with E-state index >= 15 is 0 Å². The van der Waals surface area contributed by atoms with Gasteiger partial charge in [-0.3, -0.25) is 14.5 Å². The number of piperazine rings is 1. The Morgan fingerprint density at radius 2 is 2.00 bits per heavy atom. The van der Waals surface area contributed by atoms with Crippen molar-refractivity contribution in [1.82, 2.24) is 15.1 Å². The number of carbonyl (C=O) groups is 2. The Labute approximate surface area is 161 Å². The molecule has 1 aliphatic rings. The fraction of sp³-hybridized carbons (Fsp3) is 0.368. The van der Waals surface area contributed by atoms with E-state index in [2.05, 4.69) is 10.2 Å². The van der Waals surface area contributed by atoms with Gasteiger partial charge in [0.05, 0.1) is 13.7 Å². The lowest BCUT2D eigenvalue weighted by Crippen LogP contribution is -2.50. The van der Waals surface area contributed by atoms with Crippen LogP contribution in [0, 0.1) is 5.82 Å². The predicted molar refractivity (Wildman–Crippen MR) is 101 cm³/mol. The number of nitrogens with one attached hydrogen (secondary N) is 1. The van der Waals surface area contributed by atoms with Crippen LogP contribution < -0.4 is 10.1 Å². The van der Waals surface area contributed by atoms with Crippen molar-refractivity contribution in [3.63, 3.8) is 0 Å². The maximum Gasteiger partial charge on any atom is 0.252 e. The van der Waals surface area contributed by atoms with Crippen LogP contribution in [0.1, 0.15) is 15.9 Å². The zero-order valence-corrected chi connectivity index (χ0v) is 15.9. The molecule has 1 saturated heterocycles. The molecule has 6 nitrogen and oxygen atoms in total. The van der Waals surface area contributed by atoms with Crippen LogP contribution >= 0.6 is 11.3 Å². The van der Waals surface area contributed by atoms with Gasteiger partial charge in [-0.1, -0.05) is 6.07 Å². The second kappa shape index (κ2) is 8.96. The van der Waals surface area contributed by atoms with Gasteiger partial charge in [0.15, 0.2) is 11.6 Å². The number of amides is 2. The Morgan fingerprint density at radius 3 is 2.63 bits per heavy atom. The van der Waals surface area contributed by atoms with Gasteiger partial charge in [-0.15, -0.1) is 0 Å². The summed E-state index contributed by atoms with van der Waals surface area (Å²) >= 11 is 1.44. The highest BCUT2D eigenvalue weighted by atomic mass is 32.1. The first-order valence-electron chi connectivity index (χ1n) is 8.70. The standard InChI is InChI=1S/C19H22FN3O3S/c1-26-17-3-2-14(10-16(17)20)12-22-5-7-23(8-6-22)18(24)11-21-19(25)15-4-9-27-13-15/h2-4,9-10,13H,5-8,11-12H2,1H3,(H,21,25). The monoisotopic (exact) mass is 391 g/mol. The van der Waals surface area contributed by atoms with Crippen LogP contribution in [0.25, 0.3) is 0 Å². The molecule has 1 aliphatic heterocycles. The van der Waals surface area contributed by atoms with E-state index in [4.69, 9.17) is 4.74 Å². The van der Waals surface area contributed by atoms with E-state index in [1.165, 1.54) is 24.5 Å². The topological polar surface area (TPSA) is 61.9 Å². The third-order valence-corrected chi connectivity index (χ3v) is 5.21. The van der Waals surface area contributed by atoms with Crippen LogP contribution in [-0.4, -0.2) is 61.4 Å². The Hall–Kier alpha value is -2.45. The van der Waals surface area contributed by atoms with Gasteiger partial charge in [0.25, 0.3) is 5.91 Å². The molecule has 0 radical (unpaired) electrons. The van der Waals surface area contributed by atoms with E-state index in [0.717, 1.165) is 5.56 Å². The second-order valence-electron chi connectivity index (χ2n) is 6.32. The molecule has 0 saturated carbocycles. The van der Waals surface area contributed by atoms with E-state index in [0.29, 0.717) is 38.3 Å². The molecule has 8 heteroatoms. The summed E-state index contributed by atoms with van der Waals surface area (Å²) in [5.74, 6) is -0.456. The minimum absolute atomic E-state index is 0.00162. The number of hydrogen-bond acceptors (Lipinski definition) is 5. The molecule has 2 aromatic rings. The number of rotatable bonds is 6. The number of halogens is 1. The highest BCUT2D eigenvalue weighted by Gasteiger charge is 2.21. The summed E-state index contributed by atoms with van der Waals surface area (Å²) in [5, 5.41) is 6.23. The summed E-state index contributed by atoms with van der Waals surface area (Å²) in [7, 11) is 1.44. The maximum absolute atomic E-state index is 13.8. The molecular weight excluding hydrogens is 369 g/mol. The van der Waals surface area contributed by atoms with Crippen LogP contribution in [0.4, 0.5) is 4.39 Å². The molecule has 0 aliphatic carbocycles. The molecular formula is C19H22FN3O3S. The molecule has 2 heterocycles. The molecule has 1 N–H and O–H groups in total. The Morgan fingerprint density at radius 1 is 1.22 bits per heavy atom. The van der Waals surface area contributed by atoms with E-state index in [1.807, 2.05) is 11.4 Å². The van der Waals surface area contributed by atoms with Crippen molar-refractivity contribution in [1.29, 1.82) is 0 Å². The van der Waals surface area contributed by atoms with Crippen LogP contribution in [0.3, 0.4) is 0 Å². The molecule has 0 bridgehead atoms. The molecule has 0 spiro atoms. The number of ether oxygens (including phenoxy) is 1. The lowest BCUT2D eigenvalue weighted by molar-refractivity contribution is -0.131. The van der Waals surface area contributed by atoms with Gasteiger partial charge in [-0.2, -0.15) is 11.3 Å². The minimum atomic E-state index is -0.370. The van der Waals surface area contributed by atoms with Gasteiger partial charge in [-0.25, -0.2) is 4.39 Å². The van der Waals surface area contributed by atoms with Crippen molar-refractivity contribution in [2.24, 2.45) is 0 Å². The summed E-state index contributed by atoms with van der Waals surface area (Å²) in [5.41, 5.74) is 1.44. The first-order chi connectivity index (χ1) is 13.1. The van der Waals surface area contributed by atoms with Crippen LogP contribution in [-0.2, 0) is 11.3 Å². The second-order valence-corrected chi connectivity index (χ2v) is 7.10. The number of carbonyl (C=O) groups excluding carboxylic acids is 2. The third-order valence-electron chi connectivity index (χ3n) is 4.53. The first-order valence-corrected chi connectivity index (χ1v) is 9.64. The van der Waals surface area contributed by atoms with Crippen LogP contribution in [0.5, 0.6) is 5.75 Å². The maximum atomic E-state index is 13.8. The molecule has 0 atom stereocenters. The largest absolute Gasteiger partial charge is 0.494 e. The first kappa shape index (κ1) is 19.3. The summed E-state index contributed by atoms with van der Waals surface area (Å²) in [6.07, 6.45) is 0. The predicted octanol–water partition coefficient (Wildman–Crippen LogP) is 1.97. The van der Waals surface area contributed by atoms with Crippen molar-refractivity contribution >= 4 is 23.2 Å². The van der Waals surface area contributed by atoms with Crippen LogP contribution in [0.15, 0.2) is 35.0 Å². The Balaban J connectivity index is 1.43. The van der Waals surface area contributed by atoms with Gasteiger partial charge >= 0.3 is 0 Å². The quantitative estimate of drug-likeness (QED) is 0.818. The molecule has 144 valence electrons. The summed E-state index contributed by atoms with van der Waals surface area (Å²) < 4.78 is 18.7. The molecule has 2 amide bonds. The number of nitrogens with zero attached hydrogens (tertiary/aromatic N) is 2. The molecule has 3 rings (SSSR count). The van der Waals surface area contributed by atoms with Gasteiger partial charge in [0, 0.05) is 43.7 Å². The van der Waals surface area contributed by atoms with Crippen molar-refractivity contribution in [3.8, 4) is 5.75 Å². The van der Waals surface area contributed by atoms with E-state index in [-0.39, 0.29) is 29.9 Å².